The van der Waals surface area contributed by atoms with Gasteiger partial charge >= 0.3 is 0 Å². The molecule has 0 saturated carbocycles. The summed E-state index contributed by atoms with van der Waals surface area (Å²) in [5.74, 6) is 1.58. The lowest BCUT2D eigenvalue weighted by Crippen LogP contribution is -2.24. The highest BCUT2D eigenvalue weighted by molar-refractivity contribution is 5.93. The molecule has 0 atom stereocenters. The Kier molecular flexibility index (Phi) is 5.89. The molecule has 0 aliphatic rings. The standard InChI is InChI=1S/C22H24N4O2/c1-14-9-10-18(11-15(14)2)26-21-12-19(24-16(3)25-21)22(27)23-13-17-7-5-6-8-20(17)28-4/h5-12H,13H2,1-4H3,(H,23,27)(H,24,25,26). The monoisotopic (exact) mass is 376 g/mol. The molecule has 3 rings (SSSR count). The smallest absolute Gasteiger partial charge is 0.270 e. The molecule has 0 spiro atoms. The lowest BCUT2D eigenvalue weighted by atomic mass is 10.1. The molecule has 28 heavy (non-hydrogen) atoms. The largest absolute Gasteiger partial charge is 0.496 e. The van der Waals surface area contributed by atoms with Crippen LogP contribution in [0.1, 0.15) is 33.0 Å². The van der Waals surface area contributed by atoms with E-state index in [-0.39, 0.29) is 5.91 Å². The molecule has 1 amide bonds. The van der Waals surface area contributed by atoms with Crippen molar-refractivity contribution < 1.29 is 9.53 Å². The van der Waals surface area contributed by atoms with Gasteiger partial charge in [-0.3, -0.25) is 4.79 Å². The van der Waals surface area contributed by atoms with Crippen LogP contribution in [-0.4, -0.2) is 23.0 Å². The first-order valence-corrected chi connectivity index (χ1v) is 9.06. The maximum atomic E-state index is 12.6. The van der Waals surface area contributed by atoms with E-state index in [1.165, 1.54) is 11.1 Å². The zero-order chi connectivity index (χ0) is 20.1. The van der Waals surface area contributed by atoms with Gasteiger partial charge in [0.1, 0.15) is 23.1 Å². The number of nitrogens with zero attached hydrogens (tertiary/aromatic N) is 2. The van der Waals surface area contributed by atoms with E-state index in [4.69, 9.17) is 4.74 Å². The molecular formula is C22H24N4O2. The van der Waals surface area contributed by atoms with E-state index >= 15 is 0 Å². The number of carbonyl (C=O) groups is 1. The molecule has 0 radical (unpaired) electrons. The molecule has 3 aromatic rings. The first-order chi connectivity index (χ1) is 13.5. The molecule has 6 nitrogen and oxygen atoms in total. The maximum Gasteiger partial charge on any atom is 0.270 e. The number of anilines is 2. The van der Waals surface area contributed by atoms with Gasteiger partial charge in [0.15, 0.2) is 0 Å². The van der Waals surface area contributed by atoms with Crippen molar-refractivity contribution in [2.75, 3.05) is 12.4 Å². The lowest BCUT2D eigenvalue weighted by molar-refractivity contribution is 0.0945. The van der Waals surface area contributed by atoms with Crippen LogP contribution in [0.3, 0.4) is 0 Å². The molecule has 6 heteroatoms. The van der Waals surface area contributed by atoms with E-state index in [9.17, 15) is 4.79 Å². The minimum atomic E-state index is -0.264. The van der Waals surface area contributed by atoms with Crippen LogP contribution in [0.25, 0.3) is 0 Å². The summed E-state index contributed by atoms with van der Waals surface area (Å²) >= 11 is 0. The summed E-state index contributed by atoms with van der Waals surface area (Å²) in [6.45, 7) is 6.25. The topological polar surface area (TPSA) is 76.1 Å². The second-order valence-electron chi connectivity index (χ2n) is 6.60. The normalized spacial score (nSPS) is 10.4. The van der Waals surface area contributed by atoms with Gasteiger partial charge in [-0.15, -0.1) is 0 Å². The number of benzene rings is 2. The third-order valence-corrected chi connectivity index (χ3v) is 4.48. The van der Waals surface area contributed by atoms with Crippen molar-refractivity contribution >= 4 is 17.4 Å². The number of hydrogen-bond donors (Lipinski definition) is 2. The van der Waals surface area contributed by atoms with Crippen molar-refractivity contribution in [3.63, 3.8) is 0 Å². The highest BCUT2D eigenvalue weighted by Gasteiger charge is 2.12. The molecule has 1 aromatic heterocycles. The first-order valence-electron chi connectivity index (χ1n) is 9.06. The van der Waals surface area contributed by atoms with E-state index < -0.39 is 0 Å². The Morgan fingerprint density at radius 1 is 1.00 bits per heavy atom. The second-order valence-corrected chi connectivity index (χ2v) is 6.60. The van der Waals surface area contributed by atoms with Gasteiger partial charge in [0.25, 0.3) is 5.91 Å². The van der Waals surface area contributed by atoms with Crippen LogP contribution >= 0.6 is 0 Å². The molecule has 0 saturated heterocycles. The van der Waals surface area contributed by atoms with Gasteiger partial charge in [0.05, 0.1) is 7.11 Å². The van der Waals surface area contributed by atoms with Crippen molar-refractivity contribution in [1.82, 2.24) is 15.3 Å². The first kappa shape index (κ1) is 19.4. The van der Waals surface area contributed by atoms with Gasteiger partial charge in [0.2, 0.25) is 0 Å². The molecule has 0 bridgehead atoms. The van der Waals surface area contributed by atoms with Crippen molar-refractivity contribution in [2.24, 2.45) is 0 Å². The quantitative estimate of drug-likeness (QED) is 0.678. The molecule has 2 N–H and O–H groups in total. The zero-order valence-corrected chi connectivity index (χ0v) is 16.5. The van der Waals surface area contributed by atoms with E-state index in [2.05, 4.69) is 34.4 Å². The molecule has 0 unspecified atom stereocenters. The fourth-order valence-electron chi connectivity index (χ4n) is 2.83. The van der Waals surface area contributed by atoms with E-state index in [0.29, 0.717) is 23.9 Å². The van der Waals surface area contributed by atoms with Crippen molar-refractivity contribution in [3.05, 3.63) is 76.7 Å². The maximum absolute atomic E-state index is 12.6. The highest BCUT2D eigenvalue weighted by Crippen LogP contribution is 2.20. The van der Waals surface area contributed by atoms with Crippen LogP contribution in [0.5, 0.6) is 5.75 Å². The number of aryl methyl sites for hydroxylation is 3. The van der Waals surface area contributed by atoms with Crippen LogP contribution in [0.2, 0.25) is 0 Å². The second kappa shape index (κ2) is 8.52. The predicted molar refractivity (Wildman–Crippen MR) is 110 cm³/mol. The Labute approximate surface area is 165 Å². The third-order valence-electron chi connectivity index (χ3n) is 4.48. The van der Waals surface area contributed by atoms with Gasteiger partial charge in [-0.05, 0) is 50.1 Å². The number of aromatic nitrogens is 2. The van der Waals surface area contributed by atoms with Crippen molar-refractivity contribution in [1.29, 1.82) is 0 Å². The van der Waals surface area contributed by atoms with Crippen LogP contribution in [0.4, 0.5) is 11.5 Å². The predicted octanol–water partition coefficient (Wildman–Crippen LogP) is 4.08. The summed E-state index contributed by atoms with van der Waals surface area (Å²) in [5, 5.41) is 6.14. The number of rotatable bonds is 6. The average Bonchev–Trinajstić information content (AvgIpc) is 2.68. The molecule has 2 aromatic carbocycles. The summed E-state index contributed by atoms with van der Waals surface area (Å²) in [6.07, 6.45) is 0. The summed E-state index contributed by atoms with van der Waals surface area (Å²) in [4.78, 5) is 21.3. The number of para-hydroxylation sites is 1. The summed E-state index contributed by atoms with van der Waals surface area (Å²) in [5.41, 5.74) is 4.54. The summed E-state index contributed by atoms with van der Waals surface area (Å²) in [6, 6.07) is 15.3. The van der Waals surface area contributed by atoms with Gasteiger partial charge in [-0.25, -0.2) is 9.97 Å². The number of nitrogens with one attached hydrogen (secondary N) is 2. The Morgan fingerprint density at radius 3 is 2.54 bits per heavy atom. The average molecular weight is 376 g/mol. The van der Waals surface area contributed by atoms with Crippen LogP contribution in [0.15, 0.2) is 48.5 Å². The third kappa shape index (κ3) is 4.65. The van der Waals surface area contributed by atoms with E-state index in [0.717, 1.165) is 17.0 Å². The van der Waals surface area contributed by atoms with E-state index in [1.54, 1.807) is 20.1 Å². The van der Waals surface area contributed by atoms with Crippen molar-refractivity contribution in [3.8, 4) is 5.75 Å². The van der Waals surface area contributed by atoms with Gasteiger partial charge in [-0.1, -0.05) is 24.3 Å². The molecule has 0 aliphatic carbocycles. The van der Waals surface area contributed by atoms with Gasteiger partial charge < -0.3 is 15.4 Å². The minimum absolute atomic E-state index is 0.264. The Morgan fingerprint density at radius 2 is 1.79 bits per heavy atom. The Hall–Kier alpha value is -3.41. The zero-order valence-electron chi connectivity index (χ0n) is 16.5. The molecule has 144 valence electrons. The number of hydrogen-bond acceptors (Lipinski definition) is 5. The van der Waals surface area contributed by atoms with Gasteiger partial charge in [-0.2, -0.15) is 0 Å². The van der Waals surface area contributed by atoms with Crippen LogP contribution in [0, 0.1) is 20.8 Å². The highest BCUT2D eigenvalue weighted by atomic mass is 16.5. The minimum Gasteiger partial charge on any atom is -0.496 e. The molecule has 1 heterocycles. The Bertz CT molecular complexity index is 1000. The number of ether oxygens (including phenoxy) is 1. The SMILES string of the molecule is COc1ccccc1CNC(=O)c1cc(Nc2ccc(C)c(C)c2)nc(C)n1. The molecular weight excluding hydrogens is 352 g/mol. The molecule has 0 fully saturated rings. The lowest BCUT2D eigenvalue weighted by Gasteiger charge is -2.11. The molecule has 0 aliphatic heterocycles. The number of methoxy groups -OCH3 is 1. The van der Waals surface area contributed by atoms with E-state index in [1.807, 2.05) is 42.5 Å². The van der Waals surface area contributed by atoms with Gasteiger partial charge in [0, 0.05) is 23.9 Å². The fourth-order valence-corrected chi connectivity index (χ4v) is 2.83. The fraction of sp³-hybridized carbons (Fsp3) is 0.227. The summed E-state index contributed by atoms with van der Waals surface area (Å²) < 4.78 is 5.32. The Balaban J connectivity index is 1.74. The van der Waals surface area contributed by atoms with Crippen molar-refractivity contribution in [2.45, 2.75) is 27.3 Å². The van der Waals surface area contributed by atoms with Crippen LogP contribution in [-0.2, 0) is 6.54 Å². The summed E-state index contributed by atoms with van der Waals surface area (Å²) in [7, 11) is 1.61. The number of amides is 1. The van der Waals surface area contributed by atoms with Crippen LogP contribution < -0.4 is 15.4 Å². The number of carbonyl (C=O) groups excluding carboxylic acids is 1.